The molecule has 0 saturated heterocycles. The molecule has 45 heavy (non-hydrogen) atoms. The fourth-order valence-corrected chi connectivity index (χ4v) is 6.55. The van der Waals surface area contributed by atoms with Gasteiger partial charge in [-0.2, -0.15) is 0 Å². The van der Waals surface area contributed by atoms with Gasteiger partial charge in [0.05, 0.1) is 16.7 Å². The smallest absolute Gasteiger partial charge is 0.145 e. The molecule has 5 aromatic carbocycles. The molecule has 0 bridgehead atoms. The molecule has 0 spiro atoms. The Morgan fingerprint density at radius 3 is 2.27 bits per heavy atom. The van der Waals surface area contributed by atoms with Gasteiger partial charge in [-0.1, -0.05) is 86.0 Å². The molecule has 8 rings (SSSR count). The van der Waals surface area contributed by atoms with Crippen LogP contribution >= 0.6 is 0 Å². The SMILES string of the molecule is C=C/C=C(\C=N)c1cccc(N2/C=C\C=C/C(=C)c3c2ccc2c3oc3ccc(-n4c5ccccc5c5ccccc54)cc32)c1. The maximum Gasteiger partial charge on any atom is 0.145 e. The van der Waals surface area contributed by atoms with E-state index in [1.54, 1.807) is 6.08 Å². The van der Waals surface area contributed by atoms with Crippen molar-refractivity contribution in [2.45, 2.75) is 0 Å². The van der Waals surface area contributed by atoms with Crippen LogP contribution in [0.4, 0.5) is 11.4 Å². The first-order valence-electron chi connectivity index (χ1n) is 14.9. The van der Waals surface area contributed by atoms with Crippen LogP contribution in [0.25, 0.3) is 60.6 Å². The Kier molecular flexibility index (Phi) is 6.21. The summed E-state index contributed by atoms with van der Waals surface area (Å²) in [6, 6.07) is 36.1. The number of nitrogens with one attached hydrogen (secondary N) is 1. The van der Waals surface area contributed by atoms with Gasteiger partial charge in [-0.3, -0.25) is 0 Å². The molecule has 1 aliphatic heterocycles. The van der Waals surface area contributed by atoms with E-state index in [0.29, 0.717) is 0 Å². The lowest BCUT2D eigenvalue weighted by Crippen LogP contribution is -2.11. The van der Waals surface area contributed by atoms with Crippen LogP contribution in [0.15, 0.2) is 157 Å². The van der Waals surface area contributed by atoms with Crippen LogP contribution in [0, 0.1) is 5.41 Å². The lowest BCUT2D eigenvalue weighted by molar-refractivity contribution is 0.667. The molecule has 2 aromatic heterocycles. The molecule has 0 saturated carbocycles. The van der Waals surface area contributed by atoms with E-state index >= 15 is 0 Å². The summed E-state index contributed by atoms with van der Waals surface area (Å²) in [7, 11) is 0. The van der Waals surface area contributed by atoms with Crippen molar-refractivity contribution in [1.29, 1.82) is 5.41 Å². The molecule has 4 nitrogen and oxygen atoms in total. The standard InChI is InChI=1S/C41H29N3O/c1-3-11-29(26-42)28-13-10-14-30(24-28)43-23-9-8-12-27(2)40-38(43)21-20-34-35-25-31(19-22-39(35)45-41(34)40)44-36-17-6-4-15-32(36)33-16-5-7-18-37(33)44/h3-26,42H,1-2H2/b12-8-,23-9-,29-11+,42-26?. The van der Waals surface area contributed by atoms with Gasteiger partial charge in [-0.25, -0.2) is 0 Å². The maximum absolute atomic E-state index is 7.90. The van der Waals surface area contributed by atoms with Gasteiger partial charge in [-0.15, -0.1) is 0 Å². The lowest BCUT2D eigenvalue weighted by Gasteiger charge is -2.25. The third-order valence-corrected chi connectivity index (χ3v) is 8.57. The quantitative estimate of drug-likeness (QED) is 0.163. The van der Waals surface area contributed by atoms with Crippen LogP contribution in [0.2, 0.25) is 0 Å². The molecule has 214 valence electrons. The zero-order chi connectivity index (χ0) is 30.5. The summed E-state index contributed by atoms with van der Waals surface area (Å²) in [4.78, 5) is 2.15. The first-order chi connectivity index (χ1) is 22.2. The fraction of sp³-hybridized carbons (Fsp3) is 0. The van der Waals surface area contributed by atoms with Gasteiger partial charge in [0, 0.05) is 50.9 Å². The third kappa shape index (κ3) is 4.19. The molecule has 4 heteroatoms. The highest BCUT2D eigenvalue weighted by Gasteiger charge is 2.22. The van der Waals surface area contributed by atoms with E-state index in [1.807, 2.05) is 36.4 Å². The number of hydrogen-bond acceptors (Lipinski definition) is 3. The van der Waals surface area contributed by atoms with Gasteiger partial charge < -0.3 is 19.3 Å². The Morgan fingerprint density at radius 1 is 0.733 bits per heavy atom. The fourth-order valence-electron chi connectivity index (χ4n) is 6.55. The molecule has 0 amide bonds. The van der Waals surface area contributed by atoms with Gasteiger partial charge >= 0.3 is 0 Å². The molecule has 1 aliphatic rings. The van der Waals surface area contributed by atoms with Crippen molar-refractivity contribution in [1.82, 2.24) is 4.57 Å². The molecule has 7 aromatic rings. The number of anilines is 2. The first kappa shape index (κ1) is 26.5. The number of furan rings is 1. The van der Waals surface area contributed by atoms with Gasteiger partial charge in [0.2, 0.25) is 0 Å². The molecule has 0 unspecified atom stereocenters. The lowest BCUT2D eigenvalue weighted by atomic mass is 9.98. The molecule has 1 N–H and O–H groups in total. The van der Waals surface area contributed by atoms with Crippen LogP contribution < -0.4 is 4.90 Å². The van der Waals surface area contributed by atoms with E-state index in [0.717, 1.165) is 61.3 Å². The summed E-state index contributed by atoms with van der Waals surface area (Å²) >= 11 is 0. The van der Waals surface area contributed by atoms with Crippen molar-refractivity contribution in [3.05, 3.63) is 164 Å². The molecule has 0 fully saturated rings. The van der Waals surface area contributed by atoms with Crippen molar-refractivity contribution in [2.75, 3.05) is 4.90 Å². The van der Waals surface area contributed by atoms with E-state index in [4.69, 9.17) is 9.83 Å². The van der Waals surface area contributed by atoms with Gasteiger partial charge in [0.15, 0.2) is 0 Å². The normalized spacial score (nSPS) is 14.9. The predicted molar refractivity (Wildman–Crippen MR) is 191 cm³/mol. The minimum Gasteiger partial charge on any atom is -0.455 e. The van der Waals surface area contributed by atoms with Crippen LogP contribution in [-0.2, 0) is 0 Å². The van der Waals surface area contributed by atoms with E-state index < -0.39 is 0 Å². The minimum atomic E-state index is 0.791. The van der Waals surface area contributed by atoms with Crippen molar-refractivity contribution >= 4 is 72.5 Å². The van der Waals surface area contributed by atoms with Gasteiger partial charge in [0.25, 0.3) is 0 Å². The summed E-state index contributed by atoms with van der Waals surface area (Å²) in [5.41, 5.74) is 10.6. The number of rotatable bonds is 5. The third-order valence-electron chi connectivity index (χ3n) is 8.57. The van der Waals surface area contributed by atoms with E-state index in [-0.39, 0.29) is 0 Å². The van der Waals surface area contributed by atoms with Crippen LogP contribution in [0.1, 0.15) is 11.1 Å². The van der Waals surface area contributed by atoms with E-state index in [2.05, 4.69) is 120 Å². The zero-order valence-corrected chi connectivity index (χ0v) is 24.6. The maximum atomic E-state index is 7.90. The summed E-state index contributed by atoms with van der Waals surface area (Å²) in [6.45, 7) is 8.26. The van der Waals surface area contributed by atoms with E-state index in [9.17, 15) is 0 Å². The Hall–Kier alpha value is -6.13. The highest BCUT2D eigenvalue weighted by atomic mass is 16.3. The highest BCUT2D eigenvalue weighted by Crippen LogP contribution is 2.43. The largest absolute Gasteiger partial charge is 0.455 e. The molecule has 0 radical (unpaired) electrons. The first-order valence-corrected chi connectivity index (χ1v) is 14.9. The van der Waals surface area contributed by atoms with Gasteiger partial charge in [-0.05, 0) is 77.4 Å². The highest BCUT2D eigenvalue weighted by molar-refractivity contribution is 6.13. The Balaban J connectivity index is 1.33. The molecule has 3 heterocycles. The van der Waals surface area contributed by atoms with Crippen molar-refractivity contribution in [3.8, 4) is 5.69 Å². The second-order valence-corrected chi connectivity index (χ2v) is 11.1. The van der Waals surface area contributed by atoms with Crippen LogP contribution in [0.3, 0.4) is 0 Å². The number of benzene rings is 5. The number of fused-ring (bicyclic) bond motifs is 8. The number of allylic oxidation sites excluding steroid dienone is 7. The second-order valence-electron chi connectivity index (χ2n) is 11.1. The Labute approximate surface area is 260 Å². The topological polar surface area (TPSA) is 45.2 Å². The second kappa shape index (κ2) is 10.5. The molecular formula is C41H29N3O. The minimum absolute atomic E-state index is 0.791. The number of nitrogens with zero attached hydrogens (tertiary/aromatic N) is 2. The van der Waals surface area contributed by atoms with Gasteiger partial charge in [0.1, 0.15) is 11.2 Å². The van der Waals surface area contributed by atoms with Crippen LogP contribution in [-0.4, -0.2) is 10.8 Å². The Morgan fingerprint density at radius 2 is 1.51 bits per heavy atom. The monoisotopic (exact) mass is 579 g/mol. The van der Waals surface area contributed by atoms with Crippen molar-refractivity contribution in [3.63, 3.8) is 0 Å². The van der Waals surface area contributed by atoms with E-state index in [1.165, 1.54) is 28.0 Å². The number of hydrogen-bond donors (Lipinski definition) is 1. The predicted octanol–water partition coefficient (Wildman–Crippen LogP) is 11.1. The van der Waals surface area contributed by atoms with Crippen LogP contribution in [0.5, 0.6) is 0 Å². The summed E-state index contributed by atoms with van der Waals surface area (Å²) < 4.78 is 8.99. The Bertz CT molecular complexity index is 2390. The number of aromatic nitrogens is 1. The molecule has 0 aliphatic carbocycles. The average molecular weight is 580 g/mol. The van der Waals surface area contributed by atoms with Crippen molar-refractivity contribution < 1.29 is 4.42 Å². The summed E-state index contributed by atoms with van der Waals surface area (Å²) in [5, 5.41) is 12.5. The molecular weight excluding hydrogens is 550 g/mol. The molecule has 0 atom stereocenters. The number of para-hydroxylation sites is 2. The van der Waals surface area contributed by atoms with Crippen molar-refractivity contribution in [2.24, 2.45) is 0 Å². The summed E-state index contributed by atoms with van der Waals surface area (Å²) in [5.74, 6) is 0. The average Bonchev–Trinajstić information content (AvgIpc) is 3.61. The zero-order valence-electron chi connectivity index (χ0n) is 24.6. The summed E-state index contributed by atoms with van der Waals surface area (Å²) in [6.07, 6.45) is 13.0.